The first-order valence-electron chi connectivity index (χ1n) is 9.12. The van der Waals surface area contributed by atoms with Gasteiger partial charge in [0.25, 0.3) is 5.91 Å². The van der Waals surface area contributed by atoms with Crippen molar-refractivity contribution >= 4 is 33.2 Å². The smallest absolute Gasteiger partial charge is 0.362 e. The number of nitrogens with two attached hydrogens (primary N) is 1. The first-order chi connectivity index (χ1) is 15.2. The van der Waals surface area contributed by atoms with Crippen LogP contribution in [0.4, 0.5) is 5.82 Å². The van der Waals surface area contributed by atoms with Crippen molar-refractivity contribution in [1.29, 1.82) is 0 Å². The fraction of sp³-hybridized carbons (Fsp3) is 0.294. The Balaban J connectivity index is 1.44. The number of para-hydroxylation sites is 1. The standard InChI is InChI=1S/C17H18N6O8S/c18-14-11-15(20-6-19-14)23(7-21-11)17-13(26)12(25)10(31-17)5-30-32(28,29)22-16(27)8-3-1-2-4-9(8)24/h1-4,6-7,10,12-13,17,24-26H,5H2,(H,22,27)(H2,18,19,20)/t10-,12-,13+,17-/m1/s1. The third kappa shape index (κ3) is 4.06. The monoisotopic (exact) mass is 466 g/mol. The van der Waals surface area contributed by atoms with E-state index in [-0.39, 0.29) is 22.5 Å². The zero-order valence-corrected chi connectivity index (χ0v) is 17.0. The number of imidazole rings is 1. The lowest BCUT2D eigenvalue weighted by Gasteiger charge is -2.16. The summed E-state index contributed by atoms with van der Waals surface area (Å²) < 4.78 is 37.5. The van der Waals surface area contributed by atoms with Crippen molar-refractivity contribution in [3.63, 3.8) is 0 Å². The molecule has 6 N–H and O–H groups in total. The predicted molar refractivity (Wildman–Crippen MR) is 106 cm³/mol. The normalized spacial score (nSPS) is 23.4. The van der Waals surface area contributed by atoms with E-state index in [1.165, 1.54) is 41.5 Å². The van der Waals surface area contributed by atoms with Gasteiger partial charge in [0.15, 0.2) is 17.7 Å². The van der Waals surface area contributed by atoms with E-state index in [9.17, 15) is 28.5 Å². The first kappa shape index (κ1) is 21.8. The molecule has 1 aliphatic rings. The van der Waals surface area contributed by atoms with Crippen LogP contribution in [0.5, 0.6) is 5.75 Å². The highest BCUT2D eigenvalue weighted by Crippen LogP contribution is 2.32. The number of carbonyl (C=O) groups excluding carboxylic acids is 1. The number of nitrogens with one attached hydrogen (secondary N) is 1. The summed E-state index contributed by atoms with van der Waals surface area (Å²) in [7, 11) is -4.63. The molecular weight excluding hydrogens is 448 g/mol. The van der Waals surface area contributed by atoms with Gasteiger partial charge in [-0.05, 0) is 12.1 Å². The highest BCUT2D eigenvalue weighted by Gasteiger charge is 2.45. The van der Waals surface area contributed by atoms with Crippen LogP contribution in [-0.4, -0.2) is 74.1 Å². The van der Waals surface area contributed by atoms with Crippen molar-refractivity contribution in [2.75, 3.05) is 12.3 Å². The van der Waals surface area contributed by atoms with E-state index in [2.05, 4.69) is 15.0 Å². The number of nitrogen functional groups attached to an aromatic ring is 1. The summed E-state index contributed by atoms with van der Waals surface area (Å²) in [6.07, 6.45) is -2.98. The maximum Gasteiger partial charge on any atom is 0.362 e. The molecule has 4 atom stereocenters. The fourth-order valence-corrected chi connectivity index (χ4v) is 3.88. The number of hydrogen-bond donors (Lipinski definition) is 5. The number of hydrogen-bond acceptors (Lipinski definition) is 12. The number of phenolic OH excluding ortho intramolecular Hbond substituents is 1. The molecule has 14 nitrogen and oxygen atoms in total. The lowest BCUT2D eigenvalue weighted by molar-refractivity contribution is -0.0468. The van der Waals surface area contributed by atoms with Crippen molar-refractivity contribution in [1.82, 2.24) is 24.2 Å². The molecule has 1 amide bonds. The Morgan fingerprint density at radius 1 is 1.22 bits per heavy atom. The Bertz CT molecular complexity index is 1260. The maximum atomic E-state index is 12.1. The van der Waals surface area contributed by atoms with E-state index in [4.69, 9.17) is 14.7 Å². The Hall–Kier alpha value is -3.37. The molecule has 170 valence electrons. The van der Waals surface area contributed by atoms with E-state index >= 15 is 0 Å². The van der Waals surface area contributed by atoms with Gasteiger partial charge in [0.1, 0.15) is 35.9 Å². The molecule has 0 bridgehead atoms. The quantitative estimate of drug-likeness (QED) is 0.279. The Morgan fingerprint density at radius 3 is 2.72 bits per heavy atom. The van der Waals surface area contributed by atoms with Gasteiger partial charge in [-0.3, -0.25) is 13.5 Å². The van der Waals surface area contributed by atoms with Crippen molar-refractivity contribution in [2.45, 2.75) is 24.5 Å². The van der Waals surface area contributed by atoms with Crippen molar-refractivity contribution in [2.24, 2.45) is 0 Å². The summed E-state index contributed by atoms with van der Waals surface area (Å²) in [4.78, 5) is 23.9. The van der Waals surface area contributed by atoms with Crippen LogP contribution < -0.4 is 10.5 Å². The van der Waals surface area contributed by atoms with Crippen LogP contribution in [0.25, 0.3) is 11.2 Å². The minimum Gasteiger partial charge on any atom is -0.507 e. The number of phenols is 1. The molecule has 0 aliphatic carbocycles. The number of carbonyl (C=O) groups is 1. The van der Waals surface area contributed by atoms with Crippen LogP contribution in [-0.2, 0) is 19.2 Å². The molecule has 15 heteroatoms. The zero-order valence-electron chi connectivity index (χ0n) is 16.1. The van der Waals surface area contributed by atoms with Crippen molar-refractivity contribution < 1.29 is 37.5 Å². The summed E-state index contributed by atoms with van der Waals surface area (Å²) in [6, 6.07) is 5.33. The number of aliphatic hydroxyl groups excluding tert-OH is 2. The van der Waals surface area contributed by atoms with E-state index < -0.39 is 53.1 Å². The molecule has 1 aromatic carbocycles. The predicted octanol–water partition coefficient (Wildman–Crippen LogP) is -1.58. The van der Waals surface area contributed by atoms with E-state index in [0.29, 0.717) is 0 Å². The number of ether oxygens (including phenoxy) is 1. The van der Waals surface area contributed by atoms with E-state index in [1.54, 1.807) is 4.72 Å². The maximum absolute atomic E-state index is 12.1. The number of rotatable bonds is 6. The number of aliphatic hydroxyl groups is 2. The van der Waals surface area contributed by atoms with Gasteiger partial charge in [0.05, 0.1) is 18.5 Å². The SMILES string of the molecule is Nc1ncnc2c1ncn2[C@@H]1O[C@H](COS(=O)(=O)NC(=O)c2ccccc2O)[C@@H](O)[C@@H]1O. The number of nitrogens with zero attached hydrogens (tertiary/aromatic N) is 4. The molecule has 32 heavy (non-hydrogen) atoms. The second-order valence-electron chi connectivity index (χ2n) is 6.82. The van der Waals surface area contributed by atoms with Crippen LogP contribution in [0.3, 0.4) is 0 Å². The molecule has 1 saturated heterocycles. The zero-order chi connectivity index (χ0) is 23.0. The molecule has 1 aliphatic heterocycles. The number of amides is 1. The van der Waals surface area contributed by atoms with Gasteiger partial charge in [0, 0.05) is 0 Å². The van der Waals surface area contributed by atoms with Crippen molar-refractivity contribution in [3.8, 4) is 5.75 Å². The lowest BCUT2D eigenvalue weighted by Crippen LogP contribution is -2.37. The Labute approximate surface area is 180 Å². The molecule has 0 unspecified atom stereocenters. The number of fused-ring (bicyclic) bond motifs is 1. The largest absolute Gasteiger partial charge is 0.507 e. The molecule has 0 saturated carbocycles. The highest BCUT2D eigenvalue weighted by molar-refractivity contribution is 7.85. The fourth-order valence-electron chi connectivity index (χ4n) is 3.17. The molecule has 3 heterocycles. The number of anilines is 1. The van der Waals surface area contributed by atoms with Crippen LogP contribution in [0.1, 0.15) is 16.6 Å². The summed E-state index contributed by atoms with van der Waals surface area (Å²) in [6.45, 7) is -0.720. The average Bonchev–Trinajstić information content (AvgIpc) is 3.29. The third-order valence-corrected chi connectivity index (χ3v) is 5.63. The molecule has 1 fully saturated rings. The van der Waals surface area contributed by atoms with Crippen LogP contribution in [0.2, 0.25) is 0 Å². The van der Waals surface area contributed by atoms with Gasteiger partial charge in [-0.1, -0.05) is 12.1 Å². The summed E-state index contributed by atoms with van der Waals surface area (Å²) >= 11 is 0. The first-order valence-corrected chi connectivity index (χ1v) is 10.5. The Kier molecular flexibility index (Phi) is 5.66. The van der Waals surface area contributed by atoms with Crippen LogP contribution in [0, 0.1) is 0 Å². The minimum atomic E-state index is -4.63. The van der Waals surface area contributed by atoms with Crippen LogP contribution >= 0.6 is 0 Å². The number of aromatic nitrogens is 4. The molecular formula is C17H18N6O8S. The van der Waals surface area contributed by atoms with E-state index in [1.807, 2.05) is 0 Å². The molecule has 0 spiro atoms. The third-order valence-electron chi connectivity index (χ3n) is 4.75. The van der Waals surface area contributed by atoms with Gasteiger partial charge in [-0.15, -0.1) is 0 Å². The highest BCUT2D eigenvalue weighted by atomic mass is 32.2. The molecule has 3 aromatic rings. The van der Waals surface area contributed by atoms with Crippen molar-refractivity contribution in [3.05, 3.63) is 42.5 Å². The number of aromatic hydroxyl groups is 1. The molecule has 4 rings (SSSR count). The summed E-state index contributed by atoms with van der Waals surface area (Å²) in [5, 5.41) is 30.3. The summed E-state index contributed by atoms with van der Waals surface area (Å²) in [5.74, 6) is -1.43. The lowest BCUT2D eigenvalue weighted by atomic mass is 10.1. The number of benzene rings is 1. The summed E-state index contributed by atoms with van der Waals surface area (Å²) in [5.41, 5.74) is 5.94. The van der Waals surface area contributed by atoms with E-state index in [0.717, 1.165) is 0 Å². The topological polar surface area (TPSA) is 212 Å². The second kappa shape index (κ2) is 8.29. The van der Waals surface area contributed by atoms with Gasteiger partial charge in [-0.2, -0.15) is 8.42 Å². The van der Waals surface area contributed by atoms with Crippen LogP contribution in [0.15, 0.2) is 36.9 Å². The van der Waals surface area contributed by atoms with Gasteiger partial charge >= 0.3 is 10.3 Å². The van der Waals surface area contributed by atoms with Gasteiger partial charge in [0.2, 0.25) is 0 Å². The van der Waals surface area contributed by atoms with Gasteiger partial charge in [-0.25, -0.2) is 19.7 Å². The molecule has 2 aromatic heterocycles. The second-order valence-corrected chi connectivity index (χ2v) is 8.16. The van der Waals surface area contributed by atoms with Gasteiger partial charge < -0.3 is 25.8 Å². The molecule has 0 radical (unpaired) electrons. The average molecular weight is 466 g/mol. The minimum absolute atomic E-state index is 0.105. The Morgan fingerprint density at radius 2 is 1.97 bits per heavy atom.